The van der Waals surface area contributed by atoms with Gasteiger partial charge in [0.05, 0.1) is 13.1 Å². The molecule has 0 atom stereocenters. The van der Waals surface area contributed by atoms with Crippen LogP contribution in [0.2, 0.25) is 0 Å². The maximum Gasteiger partial charge on any atom is 0.325 e. The topological polar surface area (TPSA) is 55.9 Å². The molecule has 1 spiro atoms. The molecule has 3 rings (SSSR count). The molecule has 0 aromatic carbocycles. The van der Waals surface area contributed by atoms with Gasteiger partial charge in [0.25, 0.3) is 5.91 Å². The summed E-state index contributed by atoms with van der Waals surface area (Å²) in [7, 11) is 2.04. The van der Waals surface area contributed by atoms with Gasteiger partial charge in [0.15, 0.2) is 0 Å². The highest BCUT2D eigenvalue weighted by atomic mass is 16.2. The van der Waals surface area contributed by atoms with Crippen LogP contribution in [0, 0.1) is 11.8 Å². The first kappa shape index (κ1) is 15.3. The second-order valence-corrected chi connectivity index (χ2v) is 6.54. The first-order chi connectivity index (χ1) is 10.6. The van der Waals surface area contributed by atoms with E-state index >= 15 is 0 Å². The summed E-state index contributed by atoms with van der Waals surface area (Å²) in [6, 6.07) is -0.287. The maximum absolute atomic E-state index is 12.6. The minimum atomic E-state index is -0.680. The van der Waals surface area contributed by atoms with Crippen molar-refractivity contribution in [2.45, 2.75) is 31.2 Å². The van der Waals surface area contributed by atoms with E-state index in [4.69, 9.17) is 0 Å². The Morgan fingerprint density at radius 2 is 1.68 bits per heavy atom. The highest BCUT2D eigenvalue weighted by Crippen LogP contribution is 2.28. The summed E-state index contributed by atoms with van der Waals surface area (Å²) in [5.41, 5.74) is -0.680. The summed E-state index contributed by atoms with van der Waals surface area (Å²) in [4.78, 5) is 30.5. The number of hydrogen-bond donors (Lipinski definition) is 1. The lowest BCUT2D eigenvalue weighted by Crippen LogP contribution is -2.54. The molecular weight excluding hydrogens is 280 g/mol. The number of urea groups is 1. The summed E-state index contributed by atoms with van der Waals surface area (Å²) in [6.07, 6.45) is 3.86. The summed E-state index contributed by atoms with van der Waals surface area (Å²) in [5.74, 6) is 5.98. The summed E-state index contributed by atoms with van der Waals surface area (Å²) < 4.78 is 0. The van der Waals surface area contributed by atoms with Crippen LogP contribution in [0.25, 0.3) is 0 Å². The van der Waals surface area contributed by atoms with Crippen molar-refractivity contribution < 1.29 is 9.59 Å². The fourth-order valence-corrected chi connectivity index (χ4v) is 3.40. The van der Waals surface area contributed by atoms with Crippen LogP contribution in [0.4, 0.5) is 4.79 Å². The molecule has 6 heteroatoms. The van der Waals surface area contributed by atoms with E-state index in [2.05, 4.69) is 27.0 Å². The van der Waals surface area contributed by atoms with Gasteiger partial charge < -0.3 is 10.2 Å². The molecule has 120 valence electrons. The number of likely N-dealkylation sites (tertiary alicyclic amines) is 2. The van der Waals surface area contributed by atoms with Crippen LogP contribution in [-0.2, 0) is 4.79 Å². The van der Waals surface area contributed by atoms with Gasteiger partial charge in [0.2, 0.25) is 0 Å². The zero-order valence-corrected chi connectivity index (χ0v) is 13.2. The maximum atomic E-state index is 12.6. The summed E-state index contributed by atoms with van der Waals surface area (Å²) >= 11 is 0. The van der Waals surface area contributed by atoms with Crippen LogP contribution in [0.1, 0.15) is 25.7 Å². The van der Waals surface area contributed by atoms with Gasteiger partial charge >= 0.3 is 6.03 Å². The Kier molecular flexibility index (Phi) is 4.37. The van der Waals surface area contributed by atoms with Gasteiger partial charge in [-0.1, -0.05) is 11.8 Å². The van der Waals surface area contributed by atoms with E-state index in [1.807, 2.05) is 7.05 Å². The van der Waals surface area contributed by atoms with Gasteiger partial charge in [-0.2, -0.15) is 0 Å². The third-order valence-electron chi connectivity index (χ3n) is 4.95. The van der Waals surface area contributed by atoms with Crippen LogP contribution < -0.4 is 5.32 Å². The number of rotatable bonds is 2. The van der Waals surface area contributed by atoms with E-state index < -0.39 is 5.54 Å². The highest BCUT2D eigenvalue weighted by molar-refractivity contribution is 6.07. The van der Waals surface area contributed by atoms with Crippen molar-refractivity contribution in [3.8, 4) is 11.8 Å². The molecule has 3 aliphatic rings. The van der Waals surface area contributed by atoms with Crippen LogP contribution >= 0.6 is 0 Å². The first-order valence-corrected chi connectivity index (χ1v) is 8.11. The Labute approximate surface area is 131 Å². The molecule has 3 amide bonds. The molecule has 0 aromatic heterocycles. The largest absolute Gasteiger partial charge is 0.325 e. The average Bonchev–Trinajstić information content (AvgIpc) is 3.09. The minimum Gasteiger partial charge on any atom is -0.323 e. The van der Waals surface area contributed by atoms with E-state index in [0.717, 1.165) is 32.7 Å². The van der Waals surface area contributed by atoms with Crippen molar-refractivity contribution in [1.82, 2.24) is 20.0 Å². The minimum absolute atomic E-state index is 0.0962. The molecule has 0 aromatic rings. The average molecular weight is 304 g/mol. The molecule has 1 N–H and O–H groups in total. The van der Waals surface area contributed by atoms with Gasteiger partial charge in [0.1, 0.15) is 5.54 Å². The summed E-state index contributed by atoms with van der Waals surface area (Å²) in [6.45, 7) is 4.82. The number of imide groups is 1. The van der Waals surface area contributed by atoms with Crippen molar-refractivity contribution in [1.29, 1.82) is 0 Å². The van der Waals surface area contributed by atoms with Gasteiger partial charge in [-0.15, -0.1) is 0 Å². The predicted molar refractivity (Wildman–Crippen MR) is 83.2 cm³/mol. The van der Waals surface area contributed by atoms with Crippen molar-refractivity contribution in [2.75, 3.05) is 46.3 Å². The predicted octanol–water partition coefficient (Wildman–Crippen LogP) is 0.102. The second kappa shape index (κ2) is 6.27. The Morgan fingerprint density at radius 1 is 1.05 bits per heavy atom. The number of piperidine rings is 1. The third-order valence-corrected chi connectivity index (χ3v) is 4.95. The van der Waals surface area contributed by atoms with Crippen LogP contribution in [-0.4, -0.2) is 78.5 Å². The highest BCUT2D eigenvalue weighted by Gasteiger charge is 2.51. The molecule has 0 aliphatic carbocycles. The van der Waals surface area contributed by atoms with E-state index in [1.54, 1.807) is 0 Å². The molecule has 3 saturated heterocycles. The molecule has 3 heterocycles. The van der Waals surface area contributed by atoms with Gasteiger partial charge in [0, 0.05) is 13.1 Å². The molecule has 0 radical (unpaired) electrons. The number of nitrogens with one attached hydrogen (secondary N) is 1. The lowest BCUT2D eigenvalue weighted by molar-refractivity contribution is -0.132. The van der Waals surface area contributed by atoms with E-state index in [9.17, 15) is 9.59 Å². The molecule has 22 heavy (non-hydrogen) atoms. The molecule has 3 aliphatic heterocycles. The van der Waals surface area contributed by atoms with Crippen LogP contribution in [0.15, 0.2) is 0 Å². The Morgan fingerprint density at radius 3 is 2.36 bits per heavy atom. The number of carbonyl (C=O) groups is 2. The fourth-order valence-electron chi connectivity index (χ4n) is 3.40. The zero-order valence-electron chi connectivity index (χ0n) is 13.2. The summed E-state index contributed by atoms with van der Waals surface area (Å²) in [5, 5.41) is 2.90. The van der Waals surface area contributed by atoms with E-state index in [1.165, 1.54) is 17.7 Å². The Balaban J connectivity index is 1.56. The second-order valence-electron chi connectivity index (χ2n) is 6.54. The smallest absolute Gasteiger partial charge is 0.323 e. The Bertz CT molecular complexity index is 508. The van der Waals surface area contributed by atoms with E-state index in [0.29, 0.717) is 12.8 Å². The number of carbonyl (C=O) groups excluding carboxylic acids is 2. The van der Waals surface area contributed by atoms with Crippen LogP contribution in [0.5, 0.6) is 0 Å². The van der Waals surface area contributed by atoms with Crippen LogP contribution in [0.3, 0.4) is 0 Å². The van der Waals surface area contributed by atoms with Gasteiger partial charge in [-0.05, 0) is 45.8 Å². The standard InChI is InChI=1S/C16H24N4O2/c1-18-12-6-16(7-13-18)14(21)20(15(22)17-16)11-5-4-10-19-8-2-3-9-19/h2-3,6-13H2,1H3,(H,17,22). The number of nitrogens with zero attached hydrogens (tertiary/aromatic N) is 3. The number of amides is 3. The lowest BCUT2D eigenvalue weighted by atomic mass is 9.88. The van der Waals surface area contributed by atoms with Crippen molar-refractivity contribution >= 4 is 11.9 Å². The quantitative estimate of drug-likeness (QED) is 0.581. The molecule has 0 saturated carbocycles. The zero-order chi connectivity index (χ0) is 15.6. The van der Waals surface area contributed by atoms with E-state index in [-0.39, 0.29) is 18.5 Å². The van der Waals surface area contributed by atoms with Gasteiger partial charge in [-0.25, -0.2) is 4.79 Å². The normalized spacial score (nSPS) is 25.4. The fraction of sp³-hybridized carbons (Fsp3) is 0.750. The molecule has 3 fully saturated rings. The number of hydrogen-bond acceptors (Lipinski definition) is 4. The monoisotopic (exact) mass is 304 g/mol. The van der Waals surface area contributed by atoms with Crippen molar-refractivity contribution in [3.63, 3.8) is 0 Å². The Hall–Kier alpha value is -1.58. The van der Waals surface area contributed by atoms with Crippen molar-refractivity contribution in [2.24, 2.45) is 0 Å². The molecule has 6 nitrogen and oxygen atoms in total. The molecular formula is C16H24N4O2. The lowest BCUT2D eigenvalue weighted by Gasteiger charge is -2.35. The SMILES string of the molecule is CN1CCC2(CC1)NC(=O)N(CC#CCN1CCCC1)C2=O. The molecule has 0 unspecified atom stereocenters. The third kappa shape index (κ3) is 2.96. The first-order valence-electron chi connectivity index (χ1n) is 8.11. The molecule has 0 bridgehead atoms. The van der Waals surface area contributed by atoms with Gasteiger partial charge in [-0.3, -0.25) is 14.6 Å². The van der Waals surface area contributed by atoms with Crippen molar-refractivity contribution in [3.05, 3.63) is 0 Å².